The fraction of sp³-hybridized carbons (Fsp3) is 0.542. The molecule has 10 heteroatoms. The van der Waals surface area contributed by atoms with Crippen LogP contribution >= 0.6 is 0 Å². The largest absolute Gasteiger partial charge is 0.494 e. The number of anilines is 1. The van der Waals surface area contributed by atoms with Crippen molar-refractivity contribution in [3.05, 3.63) is 42.0 Å². The summed E-state index contributed by atoms with van der Waals surface area (Å²) in [6.45, 7) is 2.53. The average molecular weight is 470 g/mol. The highest BCUT2D eigenvalue weighted by molar-refractivity contribution is 5.83. The van der Waals surface area contributed by atoms with Gasteiger partial charge >= 0.3 is 0 Å². The summed E-state index contributed by atoms with van der Waals surface area (Å²) >= 11 is 0. The van der Waals surface area contributed by atoms with Gasteiger partial charge in [-0.1, -0.05) is 25.8 Å². The molecule has 0 saturated carbocycles. The topological polar surface area (TPSA) is 135 Å². The van der Waals surface area contributed by atoms with E-state index in [1.807, 2.05) is 6.07 Å². The van der Waals surface area contributed by atoms with Crippen molar-refractivity contribution in [1.82, 2.24) is 19.5 Å². The van der Waals surface area contributed by atoms with E-state index in [0.29, 0.717) is 17.0 Å². The van der Waals surface area contributed by atoms with Crippen LogP contribution in [0.1, 0.15) is 56.0 Å². The predicted octanol–water partition coefficient (Wildman–Crippen LogP) is 2.11. The zero-order valence-corrected chi connectivity index (χ0v) is 19.2. The molecule has 1 aliphatic heterocycles. The molecule has 1 aliphatic carbocycles. The number of aliphatic hydroxyl groups is 3. The van der Waals surface area contributed by atoms with E-state index < -0.39 is 31.1 Å². The van der Waals surface area contributed by atoms with Crippen LogP contribution in [0.3, 0.4) is 0 Å². The number of imidazole rings is 1. The Bertz CT molecular complexity index is 1140. The number of hydrogen-bond donors (Lipinski definition) is 4. The fourth-order valence-corrected chi connectivity index (χ4v) is 4.79. The van der Waals surface area contributed by atoms with Crippen LogP contribution in [0.25, 0.3) is 11.2 Å². The maximum Gasteiger partial charge on any atom is 0.167 e. The molecule has 0 amide bonds. The molecule has 2 aromatic heterocycles. The number of benzene rings is 1. The first-order valence-electron chi connectivity index (χ1n) is 11.9. The molecule has 1 aromatic carbocycles. The molecule has 4 N–H and O–H groups in total. The van der Waals surface area contributed by atoms with Gasteiger partial charge < -0.3 is 30.1 Å². The van der Waals surface area contributed by atoms with Crippen LogP contribution in [0.15, 0.2) is 30.9 Å². The highest BCUT2D eigenvalue weighted by Gasteiger charge is 2.44. The maximum absolute atomic E-state index is 10.4. The lowest BCUT2D eigenvalue weighted by atomic mass is 10.1. The van der Waals surface area contributed by atoms with Crippen LogP contribution in [-0.4, -0.2) is 66.4 Å². The van der Waals surface area contributed by atoms with E-state index in [2.05, 4.69) is 39.3 Å². The Morgan fingerprint density at radius 3 is 2.85 bits per heavy atom. The van der Waals surface area contributed by atoms with Crippen LogP contribution in [0.2, 0.25) is 0 Å². The van der Waals surface area contributed by atoms with Gasteiger partial charge in [0, 0.05) is 0 Å². The van der Waals surface area contributed by atoms with Gasteiger partial charge in [0.15, 0.2) is 23.2 Å². The van der Waals surface area contributed by atoms with E-state index in [1.54, 1.807) is 4.57 Å². The number of aromatic nitrogens is 4. The third-order valence-electron chi connectivity index (χ3n) is 6.67. The number of fused-ring (bicyclic) bond motifs is 2. The van der Waals surface area contributed by atoms with Crippen molar-refractivity contribution in [2.75, 3.05) is 18.5 Å². The molecule has 0 radical (unpaired) electrons. The molecule has 3 heterocycles. The van der Waals surface area contributed by atoms with Gasteiger partial charge in [0.05, 0.1) is 25.6 Å². The molecule has 5 atom stereocenters. The van der Waals surface area contributed by atoms with Crippen LogP contribution < -0.4 is 10.1 Å². The molecule has 1 saturated heterocycles. The SMILES string of the molecule is CCCCCOc1ccc2c(c1)CCC2Nc1ncnc2c1ncn2C1OC(CO)C(O)C1O. The van der Waals surface area contributed by atoms with Crippen molar-refractivity contribution in [2.45, 2.75) is 69.6 Å². The van der Waals surface area contributed by atoms with Crippen molar-refractivity contribution in [3.8, 4) is 5.75 Å². The van der Waals surface area contributed by atoms with Gasteiger partial charge in [0.2, 0.25) is 0 Å². The first kappa shape index (κ1) is 23.0. The van der Waals surface area contributed by atoms with Gasteiger partial charge in [-0.3, -0.25) is 4.57 Å². The Kier molecular flexibility index (Phi) is 6.64. The summed E-state index contributed by atoms with van der Waals surface area (Å²) in [6.07, 6.45) is 4.07. The minimum Gasteiger partial charge on any atom is -0.494 e. The van der Waals surface area contributed by atoms with E-state index in [9.17, 15) is 15.3 Å². The molecule has 34 heavy (non-hydrogen) atoms. The molecular formula is C24H31N5O5. The van der Waals surface area contributed by atoms with E-state index in [0.717, 1.165) is 31.6 Å². The van der Waals surface area contributed by atoms with Gasteiger partial charge in [0.1, 0.15) is 30.4 Å². The van der Waals surface area contributed by atoms with E-state index in [1.165, 1.54) is 36.6 Å². The summed E-state index contributed by atoms with van der Waals surface area (Å²) in [5.74, 6) is 1.51. The monoisotopic (exact) mass is 469 g/mol. The minimum atomic E-state index is -1.21. The summed E-state index contributed by atoms with van der Waals surface area (Å²) in [7, 11) is 0. The fourth-order valence-electron chi connectivity index (χ4n) is 4.79. The van der Waals surface area contributed by atoms with Crippen molar-refractivity contribution < 1.29 is 24.8 Å². The number of rotatable bonds is 9. The second-order valence-electron chi connectivity index (χ2n) is 8.93. The Morgan fingerprint density at radius 2 is 2.06 bits per heavy atom. The highest BCUT2D eigenvalue weighted by atomic mass is 16.6. The van der Waals surface area contributed by atoms with Gasteiger partial charge in [-0.15, -0.1) is 0 Å². The lowest BCUT2D eigenvalue weighted by Gasteiger charge is -2.17. The summed E-state index contributed by atoms with van der Waals surface area (Å²) < 4.78 is 13.1. The van der Waals surface area contributed by atoms with Crippen LogP contribution in [0.4, 0.5) is 5.82 Å². The Balaban J connectivity index is 1.33. The van der Waals surface area contributed by atoms with Crippen LogP contribution in [0.5, 0.6) is 5.75 Å². The summed E-state index contributed by atoms with van der Waals surface area (Å²) in [5.41, 5.74) is 3.51. The zero-order chi connectivity index (χ0) is 23.7. The van der Waals surface area contributed by atoms with Crippen molar-refractivity contribution in [2.24, 2.45) is 0 Å². The number of nitrogens with one attached hydrogen (secondary N) is 1. The number of ether oxygens (including phenoxy) is 2. The standard InChI is InChI=1S/C24H31N5O5/c1-2-3-4-9-33-15-6-7-16-14(10-15)5-8-17(16)28-22-19-23(26-12-25-22)29(13-27-19)24-21(32)20(31)18(11-30)34-24/h6-7,10,12-13,17-18,20-21,24,30-32H,2-5,8-9,11H2,1H3,(H,25,26,28). The third kappa shape index (κ3) is 4.22. The van der Waals surface area contributed by atoms with Crippen LogP contribution in [0, 0.1) is 0 Å². The minimum absolute atomic E-state index is 0.0845. The number of aryl methyl sites for hydroxylation is 1. The molecule has 0 bridgehead atoms. The Labute approximate surface area is 197 Å². The number of hydrogen-bond acceptors (Lipinski definition) is 9. The van der Waals surface area contributed by atoms with Gasteiger partial charge in [-0.05, 0) is 42.5 Å². The van der Waals surface area contributed by atoms with Gasteiger partial charge in [-0.25, -0.2) is 15.0 Å². The molecular weight excluding hydrogens is 438 g/mol. The molecule has 5 unspecified atom stereocenters. The second kappa shape index (κ2) is 9.83. The number of aliphatic hydroxyl groups excluding tert-OH is 3. The van der Waals surface area contributed by atoms with Crippen molar-refractivity contribution in [1.29, 1.82) is 0 Å². The van der Waals surface area contributed by atoms with E-state index in [-0.39, 0.29) is 6.04 Å². The van der Waals surface area contributed by atoms with E-state index in [4.69, 9.17) is 9.47 Å². The summed E-state index contributed by atoms with van der Waals surface area (Å²) in [6, 6.07) is 6.36. The quantitative estimate of drug-likeness (QED) is 0.348. The molecule has 3 aromatic rings. The molecule has 10 nitrogen and oxygen atoms in total. The number of unbranched alkanes of at least 4 members (excludes halogenated alkanes) is 2. The zero-order valence-electron chi connectivity index (χ0n) is 19.2. The maximum atomic E-state index is 10.4. The van der Waals surface area contributed by atoms with Crippen LogP contribution in [-0.2, 0) is 11.2 Å². The predicted molar refractivity (Wildman–Crippen MR) is 124 cm³/mol. The van der Waals surface area contributed by atoms with Gasteiger partial charge in [0.25, 0.3) is 0 Å². The van der Waals surface area contributed by atoms with Crippen molar-refractivity contribution >= 4 is 17.0 Å². The molecule has 0 spiro atoms. The van der Waals surface area contributed by atoms with Gasteiger partial charge in [-0.2, -0.15) is 0 Å². The average Bonchev–Trinajstić information content (AvgIpc) is 3.53. The molecule has 182 valence electrons. The van der Waals surface area contributed by atoms with E-state index >= 15 is 0 Å². The summed E-state index contributed by atoms with van der Waals surface area (Å²) in [5, 5.41) is 33.4. The first-order valence-corrected chi connectivity index (χ1v) is 11.9. The Hall–Kier alpha value is -2.79. The molecule has 2 aliphatic rings. The molecule has 5 rings (SSSR count). The second-order valence-corrected chi connectivity index (χ2v) is 8.93. The lowest BCUT2D eigenvalue weighted by molar-refractivity contribution is -0.0511. The highest BCUT2D eigenvalue weighted by Crippen LogP contribution is 2.37. The first-order chi connectivity index (χ1) is 16.6. The smallest absolute Gasteiger partial charge is 0.167 e. The Morgan fingerprint density at radius 1 is 1.18 bits per heavy atom. The third-order valence-corrected chi connectivity index (χ3v) is 6.67. The summed E-state index contributed by atoms with van der Waals surface area (Å²) in [4.78, 5) is 13.2. The van der Waals surface area contributed by atoms with Crippen molar-refractivity contribution in [3.63, 3.8) is 0 Å². The lowest BCUT2D eigenvalue weighted by Crippen LogP contribution is -2.33. The molecule has 1 fully saturated rings. The normalized spacial score (nSPS) is 26.2. The number of nitrogens with zero attached hydrogens (tertiary/aromatic N) is 4.